The molecule has 0 bridgehead atoms. The lowest BCUT2D eigenvalue weighted by Crippen LogP contribution is -2.02. The predicted octanol–water partition coefficient (Wildman–Crippen LogP) is 3.59. The first-order valence-electron chi connectivity index (χ1n) is 5.44. The number of thiophene rings is 1. The van der Waals surface area contributed by atoms with Crippen molar-refractivity contribution in [3.05, 3.63) is 50.6 Å². The van der Waals surface area contributed by atoms with Crippen molar-refractivity contribution in [3.63, 3.8) is 0 Å². The van der Waals surface area contributed by atoms with Gasteiger partial charge in [-0.3, -0.25) is 0 Å². The van der Waals surface area contributed by atoms with E-state index in [-0.39, 0.29) is 0 Å². The Morgan fingerprint density at radius 3 is 2.82 bits per heavy atom. The number of halogens is 1. The molecule has 1 heterocycles. The molecule has 0 spiro atoms. The second-order valence-electron chi connectivity index (χ2n) is 3.68. The van der Waals surface area contributed by atoms with E-state index in [0.717, 1.165) is 16.0 Å². The number of benzene rings is 1. The summed E-state index contributed by atoms with van der Waals surface area (Å²) in [5, 5.41) is 0. The van der Waals surface area contributed by atoms with Crippen molar-refractivity contribution in [1.29, 1.82) is 0 Å². The van der Waals surface area contributed by atoms with Gasteiger partial charge in [0, 0.05) is 4.88 Å². The first-order valence-corrected chi connectivity index (χ1v) is 7.05. The number of nitrogens with two attached hydrogens (primary N) is 1. The van der Waals surface area contributed by atoms with Gasteiger partial charge < -0.3 is 10.5 Å². The monoisotopic (exact) mass is 311 g/mol. The van der Waals surface area contributed by atoms with Crippen LogP contribution in [-0.2, 0) is 13.0 Å². The average Bonchev–Trinajstić information content (AvgIpc) is 2.74. The lowest BCUT2D eigenvalue weighted by molar-refractivity contribution is 0.309. The smallest absolute Gasteiger partial charge is 0.122 e. The Labute approximate surface area is 114 Å². The minimum atomic E-state index is 0.613. The molecule has 17 heavy (non-hydrogen) atoms. The van der Waals surface area contributed by atoms with Gasteiger partial charge in [-0.2, -0.15) is 0 Å². The highest BCUT2D eigenvalue weighted by Crippen LogP contribution is 2.23. The van der Waals surface area contributed by atoms with Crippen molar-refractivity contribution in [1.82, 2.24) is 0 Å². The second kappa shape index (κ2) is 6.19. The molecule has 1 aromatic heterocycles. The second-order valence-corrected chi connectivity index (χ2v) is 6.23. The fourth-order valence-electron chi connectivity index (χ4n) is 1.54. The third-order valence-corrected chi connectivity index (χ3v) is 3.94. The predicted molar refractivity (Wildman–Crippen MR) is 75.6 cm³/mol. The van der Waals surface area contributed by atoms with E-state index in [0.29, 0.717) is 13.2 Å². The van der Waals surface area contributed by atoms with Gasteiger partial charge in [0.1, 0.15) is 12.4 Å². The van der Waals surface area contributed by atoms with E-state index in [1.807, 2.05) is 18.2 Å². The maximum atomic E-state index is 5.74. The van der Waals surface area contributed by atoms with Crippen molar-refractivity contribution in [2.45, 2.75) is 13.0 Å². The van der Waals surface area contributed by atoms with Crippen LogP contribution in [0.1, 0.15) is 10.4 Å². The molecule has 0 fully saturated rings. The molecule has 2 aromatic rings. The Morgan fingerprint density at radius 2 is 2.12 bits per heavy atom. The van der Waals surface area contributed by atoms with Crippen molar-refractivity contribution < 1.29 is 4.74 Å². The summed E-state index contributed by atoms with van der Waals surface area (Å²) in [7, 11) is 0. The molecule has 0 aliphatic rings. The molecule has 90 valence electrons. The van der Waals surface area contributed by atoms with E-state index in [9.17, 15) is 0 Å². The molecule has 2 rings (SSSR count). The summed E-state index contributed by atoms with van der Waals surface area (Å²) in [5.41, 5.74) is 6.75. The van der Waals surface area contributed by atoms with E-state index in [1.54, 1.807) is 11.3 Å². The van der Waals surface area contributed by atoms with E-state index in [1.165, 1.54) is 10.4 Å². The van der Waals surface area contributed by atoms with Crippen LogP contribution in [0.4, 0.5) is 0 Å². The quantitative estimate of drug-likeness (QED) is 0.916. The Bertz CT molecular complexity index is 484. The van der Waals surface area contributed by atoms with Gasteiger partial charge >= 0.3 is 0 Å². The number of rotatable bonds is 5. The topological polar surface area (TPSA) is 35.2 Å². The minimum Gasteiger partial charge on any atom is -0.488 e. The molecule has 0 unspecified atom stereocenters. The Kier molecular flexibility index (Phi) is 4.59. The van der Waals surface area contributed by atoms with E-state index in [2.05, 4.69) is 34.1 Å². The third kappa shape index (κ3) is 3.84. The van der Waals surface area contributed by atoms with Gasteiger partial charge in [0.15, 0.2) is 0 Å². The van der Waals surface area contributed by atoms with Crippen LogP contribution >= 0.6 is 27.3 Å². The molecule has 0 saturated carbocycles. The van der Waals surface area contributed by atoms with Crippen LogP contribution in [0, 0.1) is 0 Å². The molecule has 0 radical (unpaired) electrons. The zero-order valence-corrected chi connectivity index (χ0v) is 11.8. The summed E-state index contributed by atoms with van der Waals surface area (Å²) in [5.74, 6) is 0.903. The summed E-state index contributed by atoms with van der Waals surface area (Å²) >= 11 is 5.13. The summed E-state index contributed by atoms with van der Waals surface area (Å²) in [6, 6.07) is 12.2. The lowest BCUT2D eigenvalue weighted by Gasteiger charge is -2.06. The lowest BCUT2D eigenvalue weighted by atomic mass is 10.1. The summed E-state index contributed by atoms with van der Waals surface area (Å²) in [6.45, 7) is 1.28. The van der Waals surface area contributed by atoms with Gasteiger partial charge in [-0.25, -0.2) is 0 Å². The van der Waals surface area contributed by atoms with Crippen molar-refractivity contribution in [2.24, 2.45) is 5.73 Å². The molecule has 0 saturated heterocycles. The Hall–Kier alpha value is -0.840. The van der Waals surface area contributed by atoms with Crippen LogP contribution in [0.5, 0.6) is 5.75 Å². The molecule has 0 amide bonds. The average molecular weight is 312 g/mol. The standard InChI is InChI=1S/C13H14BrNOS/c14-13-5-4-12(17-13)9-16-11-3-1-2-10(8-11)6-7-15/h1-5,8H,6-7,9,15H2. The van der Waals surface area contributed by atoms with Crippen molar-refractivity contribution >= 4 is 27.3 Å². The zero-order valence-electron chi connectivity index (χ0n) is 9.36. The molecule has 2 nitrogen and oxygen atoms in total. The number of hydrogen-bond donors (Lipinski definition) is 1. The van der Waals surface area contributed by atoms with Crippen LogP contribution in [0.3, 0.4) is 0 Å². The third-order valence-electron chi connectivity index (χ3n) is 2.34. The SMILES string of the molecule is NCCc1cccc(OCc2ccc(Br)s2)c1. The van der Waals surface area contributed by atoms with E-state index < -0.39 is 0 Å². The first kappa shape index (κ1) is 12.6. The van der Waals surface area contributed by atoms with Crippen LogP contribution in [-0.4, -0.2) is 6.54 Å². The van der Waals surface area contributed by atoms with Crippen LogP contribution in [0.2, 0.25) is 0 Å². The molecule has 0 aliphatic heterocycles. The molecular formula is C13H14BrNOS. The highest BCUT2D eigenvalue weighted by atomic mass is 79.9. The number of ether oxygens (including phenoxy) is 1. The van der Waals surface area contributed by atoms with E-state index in [4.69, 9.17) is 10.5 Å². The maximum absolute atomic E-state index is 5.74. The van der Waals surface area contributed by atoms with Gasteiger partial charge in [-0.15, -0.1) is 11.3 Å². The van der Waals surface area contributed by atoms with Crippen molar-refractivity contribution in [2.75, 3.05) is 6.54 Å². The minimum absolute atomic E-state index is 0.613. The van der Waals surface area contributed by atoms with Crippen LogP contribution in [0.25, 0.3) is 0 Å². The van der Waals surface area contributed by atoms with Gasteiger partial charge in [0.2, 0.25) is 0 Å². The molecule has 0 aliphatic carbocycles. The molecule has 0 atom stereocenters. The number of hydrogen-bond acceptors (Lipinski definition) is 3. The normalized spacial score (nSPS) is 10.5. The summed E-state index contributed by atoms with van der Waals surface area (Å²) in [6.07, 6.45) is 0.891. The van der Waals surface area contributed by atoms with E-state index >= 15 is 0 Å². The summed E-state index contributed by atoms with van der Waals surface area (Å²) in [4.78, 5) is 1.21. The van der Waals surface area contributed by atoms with Crippen molar-refractivity contribution in [3.8, 4) is 5.75 Å². The van der Waals surface area contributed by atoms with Gasteiger partial charge in [-0.05, 0) is 58.7 Å². The fourth-order valence-corrected chi connectivity index (χ4v) is 2.94. The fraction of sp³-hybridized carbons (Fsp3) is 0.231. The van der Waals surface area contributed by atoms with Gasteiger partial charge in [0.25, 0.3) is 0 Å². The Balaban J connectivity index is 1.96. The van der Waals surface area contributed by atoms with Crippen LogP contribution < -0.4 is 10.5 Å². The molecule has 2 N–H and O–H groups in total. The van der Waals surface area contributed by atoms with Crippen LogP contribution in [0.15, 0.2) is 40.2 Å². The maximum Gasteiger partial charge on any atom is 0.122 e. The first-order chi connectivity index (χ1) is 8.28. The highest BCUT2D eigenvalue weighted by molar-refractivity contribution is 9.11. The summed E-state index contributed by atoms with van der Waals surface area (Å²) < 4.78 is 6.87. The Morgan fingerprint density at radius 1 is 1.24 bits per heavy atom. The molecule has 1 aromatic carbocycles. The molecular weight excluding hydrogens is 298 g/mol. The molecule has 4 heteroatoms. The highest BCUT2D eigenvalue weighted by Gasteiger charge is 2.00. The van der Waals surface area contributed by atoms with Gasteiger partial charge in [0.05, 0.1) is 3.79 Å². The van der Waals surface area contributed by atoms with Gasteiger partial charge in [-0.1, -0.05) is 12.1 Å². The zero-order chi connectivity index (χ0) is 12.1. The largest absolute Gasteiger partial charge is 0.488 e.